The molecule has 0 unspecified atom stereocenters. The fourth-order valence-corrected chi connectivity index (χ4v) is 3.70. The average molecular weight is 280 g/mol. The maximum absolute atomic E-state index is 12.8. The van der Waals surface area contributed by atoms with Gasteiger partial charge in [-0.1, -0.05) is 13.8 Å². The highest BCUT2D eigenvalue weighted by Gasteiger charge is 2.29. The molecule has 0 spiro atoms. The quantitative estimate of drug-likeness (QED) is 0.839. The van der Waals surface area contributed by atoms with E-state index < -0.39 is 0 Å². The summed E-state index contributed by atoms with van der Waals surface area (Å²) in [7, 11) is 0. The Morgan fingerprint density at radius 3 is 2.35 bits per heavy atom. The van der Waals surface area contributed by atoms with E-state index >= 15 is 0 Å². The minimum Gasteiger partial charge on any atom is -0.342 e. The molecule has 1 saturated carbocycles. The minimum absolute atomic E-state index is 0.319. The molecule has 0 aromatic carbocycles. The van der Waals surface area contributed by atoms with Crippen molar-refractivity contribution >= 4 is 5.91 Å². The van der Waals surface area contributed by atoms with Crippen molar-refractivity contribution in [2.24, 2.45) is 17.8 Å². The predicted octanol–water partition coefficient (Wildman–Crippen LogP) is 3.05. The summed E-state index contributed by atoms with van der Waals surface area (Å²) in [5.41, 5.74) is 0. The summed E-state index contributed by atoms with van der Waals surface area (Å²) in [6.07, 6.45) is 8.26. The van der Waals surface area contributed by atoms with Gasteiger partial charge in [0.15, 0.2) is 0 Å². The number of nitrogens with zero attached hydrogens (tertiary/aromatic N) is 1. The number of hydrogen-bond donors (Lipinski definition) is 1. The predicted molar refractivity (Wildman–Crippen MR) is 83.6 cm³/mol. The van der Waals surface area contributed by atoms with Crippen molar-refractivity contribution in [3.8, 4) is 0 Å². The Morgan fingerprint density at radius 1 is 1.10 bits per heavy atom. The molecule has 0 aromatic rings. The summed E-state index contributed by atoms with van der Waals surface area (Å²) in [5.74, 6) is 2.31. The Balaban J connectivity index is 1.87. The first-order chi connectivity index (χ1) is 9.70. The van der Waals surface area contributed by atoms with Crippen molar-refractivity contribution in [2.75, 3.05) is 26.2 Å². The van der Waals surface area contributed by atoms with Gasteiger partial charge in [0.1, 0.15) is 0 Å². The zero-order valence-electron chi connectivity index (χ0n) is 13.4. The molecular weight excluding hydrogens is 248 g/mol. The molecule has 116 valence electrons. The molecule has 1 N–H and O–H groups in total. The van der Waals surface area contributed by atoms with Gasteiger partial charge in [-0.05, 0) is 69.9 Å². The molecule has 1 amide bonds. The molecule has 0 aromatic heterocycles. The number of hydrogen-bond acceptors (Lipinski definition) is 2. The van der Waals surface area contributed by atoms with E-state index in [1.807, 2.05) is 0 Å². The average Bonchev–Trinajstić information content (AvgIpc) is 2.48. The van der Waals surface area contributed by atoms with E-state index in [9.17, 15) is 4.79 Å². The smallest absolute Gasteiger partial charge is 0.225 e. The summed E-state index contributed by atoms with van der Waals surface area (Å²) < 4.78 is 0. The zero-order valence-corrected chi connectivity index (χ0v) is 13.4. The lowest BCUT2D eigenvalue weighted by atomic mass is 9.82. The number of carbonyl (C=O) groups excluding carboxylic acids is 1. The van der Waals surface area contributed by atoms with E-state index in [0.29, 0.717) is 17.7 Å². The second-order valence-electron chi connectivity index (χ2n) is 6.93. The lowest BCUT2D eigenvalue weighted by Gasteiger charge is -2.34. The van der Waals surface area contributed by atoms with Crippen LogP contribution in [0.3, 0.4) is 0 Å². The van der Waals surface area contributed by atoms with Crippen LogP contribution in [0, 0.1) is 17.8 Å². The van der Waals surface area contributed by atoms with Crippen LogP contribution in [0.25, 0.3) is 0 Å². The third-order valence-corrected chi connectivity index (χ3v) is 5.11. The van der Waals surface area contributed by atoms with Crippen LogP contribution in [0.5, 0.6) is 0 Å². The normalized spacial score (nSPS) is 28.3. The summed E-state index contributed by atoms with van der Waals surface area (Å²) >= 11 is 0. The number of rotatable bonds is 5. The van der Waals surface area contributed by atoms with Crippen LogP contribution in [0.15, 0.2) is 0 Å². The molecular formula is C17H32N2O. The van der Waals surface area contributed by atoms with E-state index in [1.54, 1.807) is 0 Å². The summed E-state index contributed by atoms with van der Waals surface area (Å²) in [4.78, 5) is 15.0. The number of carbonyl (C=O) groups is 1. The van der Waals surface area contributed by atoms with E-state index in [2.05, 4.69) is 24.1 Å². The number of amides is 1. The Labute approximate surface area is 124 Å². The van der Waals surface area contributed by atoms with Gasteiger partial charge in [-0.2, -0.15) is 0 Å². The van der Waals surface area contributed by atoms with Crippen molar-refractivity contribution in [3.05, 3.63) is 0 Å². The molecule has 20 heavy (non-hydrogen) atoms. The highest BCUT2D eigenvalue weighted by molar-refractivity contribution is 5.79. The van der Waals surface area contributed by atoms with Gasteiger partial charge in [-0.25, -0.2) is 0 Å². The van der Waals surface area contributed by atoms with E-state index in [0.717, 1.165) is 51.4 Å². The van der Waals surface area contributed by atoms with Gasteiger partial charge < -0.3 is 10.2 Å². The van der Waals surface area contributed by atoms with Crippen molar-refractivity contribution in [1.29, 1.82) is 0 Å². The van der Waals surface area contributed by atoms with E-state index in [4.69, 9.17) is 0 Å². The van der Waals surface area contributed by atoms with Crippen LogP contribution in [0.4, 0.5) is 0 Å². The monoisotopic (exact) mass is 280 g/mol. The molecule has 2 rings (SSSR count). The minimum atomic E-state index is 0.319. The Morgan fingerprint density at radius 2 is 1.75 bits per heavy atom. The Kier molecular flexibility index (Phi) is 6.34. The second-order valence-corrected chi connectivity index (χ2v) is 6.93. The molecule has 0 bridgehead atoms. The summed E-state index contributed by atoms with van der Waals surface area (Å²) in [5, 5.41) is 3.41. The van der Waals surface area contributed by atoms with Crippen LogP contribution in [0.2, 0.25) is 0 Å². The summed E-state index contributed by atoms with van der Waals surface area (Å²) in [6, 6.07) is 0. The van der Waals surface area contributed by atoms with Crippen molar-refractivity contribution < 1.29 is 4.79 Å². The lowest BCUT2D eigenvalue weighted by Crippen LogP contribution is -2.43. The van der Waals surface area contributed by atoms with Crippen molar-refractivity contribution in [3.63, 3.8) is 0 Å². The van der Waals surface area contributed by atoms with Crippen LogP contribution >= 0.6 is 0 Å². The highest BCUT2D eigenvalue weighted by atomic mass is 16.2. The Hall–Kier alpha value is -0.570. The highest BCUT2D eigenvalue weighted by Crippen LogP contribution is 2.30. The molecule has 3 heteroatoms. The third-order valence-electron chi connectivity index (χ3n) is 5.11. The topological polar surface area (TPSA) is 32.3 Å². The van der Waals surface area contributed by atoms with E-state index in [-0.39, 0.29) is 0 Å². The molecule has 2 fully saturated rings. The van der Waals surface area contributed by atoms with Crippen LogP contribution in [-0.2, 0) is 4.79 Å². The fourth-order valence-electron chi connectivity index (χ4n) is 3.70. The molecule has 1 saturated heterocycles. The third kappa shape index (κ3) is 4.47. The van der Waals surface area contributed by atoms with Crippen molar-refractivity contribution in [1.82, 2.24) is 10.2 Å². The number of piperidine rings is 1. The van der Waals surface area contributed by atoms with Gasteiger partial charge >= 0.3 is 0 Å². The van der Waals surface area contributed by atoms with Crippen LogP contribution in [0.1, 0.15) is 58.8 Å². The number of nitrogens with one attached hydrogen (secondary N) is 1. The van der Waals surface area contributed by atoms with Gasteiger partial charge in [0.2, 0.25) is 5.91 Å². The summed E-state index contributed by atoms with van der Waals surface area (Å²) in [6.45, 7) is 8.71. The first kappa shape index (κ1) is 15.8. The molecule has 2 aliphatic rings. The fraction of sp³-hybridized carbons (Fsp3) is 0.941. The van der Waals surface area contributed by atoms with E-state index in [1.165, 1.54) is 25.7 Å². The van der Waals surface area contributed by atoms with Gasteiger partial charge in [0.25, 0.3) is 0 Å². The van der Waals surface area contributed by atoms with Crippen LogP contribution in [-0.4, -0.2) is 37.0 Å². The van der Waals surface area contributed by atoms with Crippen LogP contribution < -0.4 is 5.32 Å². The first-order valence-electron chi connectivity index (χ1n) is 8.70. The molecule has 1 heterocycles. The molecule has 0 atom stereocenters. The van der Waals surface area contributed by atoms with Gasteiger partial charge in [0.05, 0.1) is 0 Å². The van der Waals surface area contributed by atoms with Gasteiger partial charge in [-0.3, -0.25) is 4.79 Å². The van der Waals surface area contributed by atoms with Gasteiger partial charge in [0, 0.05) is 19.0 Å². The molecule has 3 nitrogen and oxygen atoms in total. The zero-order chi connectivity index (χ0) is 14.4. The Bertz CT molecular complexity index is 291. The first-order valence-corrected chi connectivity index (χ1v) is 8.70. The maximum Gasteiger partial charge on any atom is 0.225 e. The van der Waals surface area contributed by atoms with Crippen molar-refractivity contribution in [2.45, 2.75) is 58.8 Å². The van der Waals surface area contributed by atoms with Gasteiger partial charge in [-0.15, -0.1) is 0 Å². The second kappa shape index (κ2) is 8.02. The molecule has 0 radical (unpaired) electrons. The molecule has 1 aliphatic heterocycles. The lowest BCUT2D eigenvalue weighted by molar-refractivity contribution is -0.137. The maximum atomic E-state index is 12.8. The largest absolute Gasteiger partial charge is 0.342 e. The SMILES string of the molecule is CCCN(CC1CCNCC1)C(=O)C1CCC(C)CC1. The molecule has 1 aliphatic carbocycles. The standard InChI is InChI=1S/C17H32N2O/c1-3-12-19(13-15-8-10-18-11-9-15)17(20)16-6-4-14(2)5-7-16/h14-16,18H,3-13H2,1-2H3.